The number of carbonyl (C=O) groups excluding carboxylic acids is 2. The van der Waals surface area contributed by atoms with Crippen molar-refractivity contribution in [2.24, 2.45) is 0 Å². The Morgan fingerprint density at radius 1 is 1.22 bits per heavy atom. The summed E-state index contributed by atoms with van der Waals surface area (Å²) in [6, 6.07) is 12.9. The van der Waals surface area contributed by atoms with Gasteiger partial charge in [-0.25, -0.2) is 0 Å². The second-order valence-corrected chi connectivity index (χ2v) is 5.51. The number of ether oxygens (including phenoxy) is 1. The number of aryl methyl sites for hydroxylation is 1. The van der Waals surface area contributed by atoms with E-state index in [0.29, 0.717) is 25.0 Å². The number of fused-ring (bicyclic) bond motifs is 1. The lowest BCUT2D eigenvalue weighted by Crippen LogP contribution is -2.19. The maximum absolute atomic E-state index is 12.4. The Bertz CT molecular complexity index is 756. The summed E-state index contributed by atoms with van der Waals surface area (Å²) in [4.78, 5) is 23.7. The molecule has 1 aliphatic rings. The van der Waals surface area contributed by atoms with Gasteiger partial charge in [-0.15, -0.1) is 0 Å². The van der Waals surface area contributed by atoms with E-state index in [2.05, 4.69) is 10.6 Å². The van der Waals surface area contributed by atoms with Crippen LogP contribution in [0, 0.1) is 0 Å². The predicted octanol–water partition coefficient (Wildman–Crippen LogP) is 2.97. The van der Waals surface area contributed by atoms with Gasteiger partial charge in [-0.05, 0) is 47.9 Å². The van der Waals surface area contributed by atoms with Crippen molar-refractivity contribution in [1.29, 1.82) is 0 Å². The van der Waals surface area contributed by atoms with Crippen molar-refractivity contribution in [3.63, 3.8) is 0 Å². The fraction of sp³-hybridized carbons (Fsp3) is 0.222. The van der Waals surface area contributed by atoms with Gasteiger partial charge in [-0.3, -0.25) is 9.59 Å². The molecule has 1 aliphatic heterocycles. The van der Waals surface area contributed by atoms with E-state index >= 15 is 0 Å². The molecule has 2 N–H and O–H groups in total. The standard InChI is InChI=1S/C18H18N2O3/c1-23-11-12-3-2-4-14(9-12)18(22)19-15-6-7-16-13(10-15)5-8-17(21)20-16/h2-4,6-7,9-10H,5,8,11H2,1H3,(H,19,22)(H,20,21). The van der Waals surface area contributed by atoms with Crippen molar-refractivity contribution in [3.8, 4) is 0 Å². The van der Waals surface area contributed by atoms with Crippen molar-refractivity contribution >= 4 is 23.2 Å². The third-order valence-corrected chi connectivity index (χ3v) is 3.76. The Morgan fingerprint density at radius 2 is 2.09 bits per heavy atom. The van der Waals surface area contributed by atoms with Crippen LogP contribution in [0.15, 0.2) is 42.5 Å². The summed E-state index contributed by atoms with van der Waals surface area (Å²) in [6.07, 6.45) is 1.16. The smallest absolute Gasteiger partial charge is 0.255 e. The molecule has 0 atom stereocenters. The van der Waals surface area contributed by atoms with E-state index in [9.17, 15) is 9.59 Å². The summed E-state index contributed by atoms with van der Waals surface area (Å²) >= 11 is 0. The lowest BCUT2D eigenvalue weighted by atomic mass is 10.0. The van der Waals surface area contributed by atoms with E-state index in [-0.39, 0.29) is 11.8 Å². The number of rotatable bonds is 4. The van der Waals surface area contributed by atoms with Gasteiger partial charge in [-0.2, -0.15) is 0 Å². The average Bonchev–Trinajstić information content (AvgIpc) is 2.55. The van der Waals surface area contributed by atoms with Gasteiger partial charge in [0, 0.05) is 30.5 Å². The molecule has 0 aliphatic carbocycles. The first-order valence-electron chi connectivity index (χ1n) is 7.48. The summed E-state index contributed by atoms with van der Waals surface area (Å²) in [5, 5.41) is 5.72. The quantitative estimate of drug-likeness (QED) is 0.912. The fourth-order valence-electron chi connectivity index (χ4n) is 2.63. The Kier molecular flexibility index (Phi) is 4.39. The Labute approximate surface area is 134 Å². The van der Waals surface area contributed by atoms with Crippen LogP contribution in [0.4, 0.5) is 11.4 Å². The molecule has 0 saturated heterocycles. The fourth-order valence-corrected chi connectivity index (χ4v) is 2.63. The molecule has 2 amide bonds. The van der Waals surface area contributed by atoms with Crippen molar-refractivity contribution < 1.29 is 14.3 Å². The number of hydrogen-bond donors (Lipinski definition) is 2. The predicted molar refractivity (Wildman–Crippen MR) is 88.5 cm³/mol. The van der Waals surface area contributed by atoms with Gasteiger partial charge in [0.15, 0.2) is 0 Å². The van der Waals surface area contributed by atoms with Crippen molar-refractivity contribution in [1.82, 2.24) is 0 Å². The first-order valence-corrected chi connectivity index (χ1v) is 7.48. The first kappa shape index (κ1) is 15.2. The van der Waals surface area contributed by atoms with Crippen LogP contribution in [0.25, 0.3) is 0 Å². The molecule has 3 rings (SSSR count). The van der Waals surface area contributed by atoms with E-state index < -0.39 is 0 Å². The molecule has 1 heterocycles. The van der Waals surface area contributed by atoms with E-state index in [0.717, 1.165) is 22.5 Å². The van der Waals surface area contributed by atoms with Gasteiger partial charge in [0.2, 0.25) is 5.91 Å². The highest BCUT2D eigenvalue weighted by Crippen LogP contribution is 2.26. The van der Waals surface area contributed by atoms with Crippen LogP contribution in [-0.2, 0) is 22.6 Å². The highest BCUT2D eigenvalue weighted by Gasteiger charge is 2.15. The van der Waals surface area contributed by atoms with Crippen LogP contribution in [0.1, 0.15) is 27.9 Å². The average molecular weight is 310 g/mol. The lowest BCUT2D eigenvalue weighted by molar-refractivity contribution is -0.116. The Balaban J connectivity index is 1.75. The van der Waals surface area contributed by atoms with E-state index in [1.807, 2.05) is 30.3 Å². The van der Waals surface area contributed by atoms with Crippen LogP contribution >= 0.6 is 0 Å². The van der Waals surface area contributed by atoms with Gasteiger partial charge >= 0.3 is 0 Å². The number of nitrogens with one attached hydrogen (secondary N) is 2. The Hall–Kier alpha value is -2.66. The molecule has 2 aromatic rings. The molecule has 0 radical (unpaired) electrons. The zero-order valence-electron chi connectivity index (χ0n) is 12.9. The SMILES string of the molecule is COCc1cccc(C(=O)Nc2ccc3c(c2)CCC(=O)N3)c1. The molecule has 5 heteroatoms. The summed E-state index contributed by atoms with van der Waals surface area (Å²) in [6.45, 7) is 0.472. The van der Waals surface area contributed by atoms with Crippen LogP contribution in [0.3, 0.4) is 0 Å². The van der Waals surface area contributed by atoms with Crippen LogP contribution in [0.2, 0.25) is 0 Å². The zero-order valence-corrected chi connectivity index (χ0v) is 12.9. The van der Waals surface area contributed by atoms with Crippen molar-refractivity contribution in [2.75, 3.05) is 17.7 Å². The van der Waals surface area contributed by atoms with Gasteiger partial charge in [0.1, 0.15) is 0 Å². The number of anilines is 2. The highest BCUT2D eigenvalue weighted by atomic mass is 16.5. The molecule has 0 spiro atoms. The van der Waals surface area contributed by atoms with Gasteiger partial charge in [0.25, 0.3) is 5.91 Å². The molecule has 118 valence electrons. The van der Waals surface area contributed by atoms with Crippen LogP contribution in [-0.4, -0.2) is 18.9 Å². The van der Waals surface area contributed by atoms with Crippen molar-refractivity contribution in [2.45, 2.75) is 19.4 Å². The molecule has 2 aromatic carbocycles. The molecule has 0 aromatic heterocycles. The van der Waals surface area contributed by atoms with Gasteiger partial charge in [-0.1, -0.05) is 12.1 Å². The summed E-state index contributed by atoms with van der Waals surface area (Å²) in [5.74, 6) is -0.132. The maximum Gasteiger partial charge on any atom is 0.255 e. The third-order valence-electron chi connectivity index (χ3n) is 3.76. The lowest BCUT2D eigenvalue weighted by Gasteiger charge is -2.17. The molecule has 0 fully saturated rings. The Morgan fingerprint density at radius 3 is 2.91 bits per heavy atom. The molecular formula is C18H18N2O3. The van der Waals surface area contributed by atoms with Gasteiger partial charge < -0.3 is 15.4 Å². The van der Waals surface area contributed by atoms with E-state index in [4.69, 9.17) is 4.74 Å². The van der Waals surface area contributed by atoms with Gasteiger partial charge in [0.05, 0.1) is 6.61 Å². The normalized spacial score (nSPS) is 13.2. The highest BCUT2D eigenvalue weighted by molar-refractivity contribution is 6.04. The molecule has 5 nitrogen and oxygen atoms in total. The summed E-state index contributed by atoms with van der Waals surface area (Å²) in [7, 11) is 1.62. The number of methoxy groups -OCH3 is 1. The summed E-state index contributed by atoms with van der Waals surface area (Å²) in [5.41, 5.74) is 4.12. The molecule has 0 saturated carbocycles. The number of hydrogen-bond acceptors (Lipinski definition) is 3. The minimum Gasteiger partial charge on any atom is -0.380 e. The third kappa shape index (κ3) is 3.57. The zero-order chi connectivity index (χ0) is 16.2. The second kappa shape index (κ2) is 6.62. The molecular weight excluding hydrogens is 292 g/mol. The second-order valence-electron chi connectivity index (χ2n) is 5.51. The molecule has 23 heavy (non-hydrogen) atoms. The largest absolute Gasteiger partial charge is 0.380 e. The van der Waals surface area contributed by atoms with Crippen LogP contribution in [0.5, 0.6) is 0 Å². The van der Waals surface area contributed by atoms with E-state index in [1.54, 1.807) is 19.2 Å². The number of carbonyl (C=O) groups is 2. The minimum absolute atomic E-state index is 0.0317. The molecule has 0 bridgehead atoms. The van der Waals surface area contributed by atoms with Crippen molar-refractivity contribution in [3.05, 3.63) is 59.2 Å². The minimum atomic E-state index is -0.164. The van der Waals surface area contributed by atoms with Crippen LogP contribution < -0.4 is 10.6 Å². The van der Waals surface area contributed by atoms with E-state index in [1.165, 1.54) is 0 Å². The topological polar surface area (TPSA) is 67.4 Å². The summed E-state index contributed by atoms with van der Waals surface area (Å²) < 4.78 is 5.09. The number of benzene rings is 2. The maximum atomic E-state index is 12.4. The first-order chi connectivity index (χ1) is 11.2. The monoisotopic (exact) mass is 310 g/mol. The number of amides is 2. The molecule has 0 unspecified atom stereocenters.